The van der Waals surface area contributed by atoms with Gasteiger partial charge in [0.05, 0.1) is 0 Å². The highest BCUT2D eigenvalue weighted by molar-refractivity contribution is 6.28. The zero-order valence-corrected chi connectivity index (χ0v) is 36.3. The van der Waals surface area contributed by atoms with Crippen molar-refractivity contribution in [2.24, 2.45) is 11.8 Å². The highest BCUT2D eigenvalue weighted by atomic mass is 19.3. The van der Waals surface area contributed by atoms with Gasteiger partial charge in [-0.3, -0.25) is 44.4 Å². The second kappa shape index (κ2) is 19.7. The minimum absolute atomic E-state index is 0.0683. The predicted molar refractivity (Wildman–Crippen MR) is 215 cm³/mol. The molecule has 63 heavy (non-hydrogen) atoms. The standard InChI is InChI=1S/C21H25F2N3O6.C21H27F2N3O5/c1-11(2)26-17(29)13(16(28)25-18(26)30)15(27)21(22,23)14(12-9-7-6-8-10-12)24-19(31)32-20(3,4)5;1-12(2)26-17(28)14(16(27)25-18(26)29)11-21(22,23)15(13-9-7-6-8-10-13)24-19(30)31-20(3,4)5/h6-11,13-14H,1-5H3,(H,24,31)(H,25,28,30);6-10,12,14-15H,11H2,1-5H3,(H,24,30)(H,25,27,29)/t13?,14-;14?,15-/m00/s1. The van der Waals surface area contributed by atoms with Crippen molar-refractivity contribution in [3.8, 4) is 0 Å². The van der Waals surface area contributed by atoms with Crippen LogP contribution in [0.15, 0.2) is 60.7 Å². The van der Waals surface area contributed by atoms with Crippen molar-refractivity contribution >= 4 is 53.7 Å². The number of ether oxygens (including phenoxy) is 2. The summed E-state index contributed by atoms with van der Waals surface area (Å²) in [5.74, 6) is -19.4. The summed E-state index contributed by atoms with van der Waals surface area (Å²) in [5, 5.41) is 7.83. The summed E-state index contributed by atoms with van der Waals surface area (Å²) in [6, 6.07) is 6.74. The second-order valence-corrected chi connectivity index (χ2v) is 17.1. The number of barbiturate groups is 2. The van der Waals surface area contributed by atoms with Gasteiger partial charge in [0, 0.05) is 18.5 Å². The number of nitrogens with one attached hydrogen (secondary N) is 4. The maximum atomic E-state index is 15.5. The molecular weight excluding hydrogens is 840 g/mol. The number of benzene rings is 2. The van der Waals surface area contributed by atoms with Crippen LogP contribution in [0.4, 0.5) is 36.7 Å². The molecule has 0 spiro atoms. The van der Waals surface area contributed by atoms with E-state index in [0.717, 1.165) is 4.90 Å². The first-order chi connectivity index (χ1) is 28.9. The molecule has 2 aromatic carbocycles. The van der Waals surface area contributed by atoms with Crippen LogP contribution in [-0.2, 0) is 33.4 Å². The van der Waals surface area contributed by atoms with E-state index in [1.165, 1.54) is 103 Å². The van der Waals surface area contributed by atoms with E-state index < -0.39 is 119 Å². The minimum atomic E-state index is -4.40. The molecule has 0 bridgehead atoms. The van der Waals surface area contributed by atoms with Gasteiger partial charge in [0.2, 0.25) is 23.5 Å². The minimum Gasteiger partial charge on any atom is -0.444 e. The van der Waals surface area contributed by atoms with Gasteiger partial charge in [-0.05, 0) is 80.4 Å². The molecule has 2 aliphatic heterocycles. The van der Waals surface area contributed by atoms with Crippen LogP contribution in [0.1, 0.15) is 98.9 Å². The van der Waals surface area contributed by atoms with Crippen molar-refractivity contribution in [3.05, 3.63) is 71.8 Å². The van der Waals surface area contributed by atoms with E-state index >= 15 is 17.6 Å². The van der Waals surface area contributed by atoms with Crippen LogP contribution in [0.25, 0.3) is 0 Å². The Bertz CT molecular complexity index is 2070. The molecule has 4 atom stereocenters. The lowest BCUT2D eigenvalue weighted by Crippen LogP contribution is -2.64. The number of ketones is 1. The number of halogens is 4. The number of hydrogen-bond acceptors (Lipinski definition) is 11. The normalized spacial score (nSPS) is 18.5. The fourth-order valence-electron chi connectivity index (χ4n) is 6.29. The van der Waals surface area contributed by atoms with Crippen molar-refractivity contribution < 1.29 is 70.2 Å². The van der Waals surface area contributed by atoms with E-state index in [4.69, 9.17) is 9.47 Å². The van der Waals surface area contributed by atoms with E-state index in [2.05, 4.69) is 5.32 Å². The van der Waals surface area contributed by atoms with E-state index in [-0.39, 0.29) is 11.1 Å². The Morgan fingerprint density at radius 2 is 1.00 bits per heavy atom. The van der Waals surface area contributed by atoms with E-state index in [0.29, 0.717) is 4.90 Å². The number of alkyl halides is 4. The summed E-state index contributed by atoms with van der Waals surface area (Å²) in [6.07, 6.45) is -3.50. The number of carbonyl (C=O) groups is 9. The highest BCUT2D eigenvalue weighted by Crippen LogP contribution is 2.39. The Balaban J connectivity index is 0.000000335. The zero-order chi connectivity index (χ0) is 48.0. The number of urea groups is 2. The third kappa shape index (κ3) is 13.1. The topological polar surface area (TPSA) is 227 Å². The SMILES string of the molecule is CC(C)N1C(=O)NC(=O)C(C(=O)C(F)(F)[C@@H](NC(=O)OC(C)(C)C)c2ccccc2)C1=O.CC(C)N1C(=O)NC(=O)C(CC(F)(F)[C@@H](NC(=O)OC(C)(C)C)c2ccccc2)C1=O. The maximum Gasteiger partial charge on any atom is 0.408 e. The van der Waals surface area contributed by atoms with E-state index in [1.807, 2.05) is 10.6 Å². The molecule has 21 heteroatoms. The summed E-state index contributed by atoms with van der Waals surface area (Å²) in [6.45, 7) is 15.2. The molecule has 2 aliphatic rings. The first-order valence-electron chi connectivity index (χ1n) is 19.6. The van der Waals surface area contributed by atoms with Gasteiger partial charge < -0.3 is 20.1 Å². The van der Waals surface area contributed by atoms with Gasteiger partial charge in [0.1, 0.15) is 29.2 Å². The molecule has 0 aliphatic carbocycles. The fourth-order valence-corrected chi connectivity index (χ4v) is 6.29. The number of hydrogen-bond donors (Lipinski definition) is 4. The average Bonchev–Trinajstić information content (AvgIpc) is 3.13. The van der Waals surface area contributed by atoms with Gasteiger partial charge in [0.25, 0.3) is 11.8 Å². The highest BCUT2D eigenvalue weighted by Gasteiger charge is 2.58. The van der Waals surface area contributed by atoms with Crippen molar-refractivity contribution in [3.63, 3.8) is 0 Å². The summed E-state index contributed by atoms with van der Waals surface area (Å²) in [7, 11) is 0. The van der Waals surface area contributed by atoms with Crippen LogP contribution in [0.3, 0.4) is 0 Å². The lowest BCUT2D eigenvalue weighted by molar-refractivity contribution is -0.162. The van der Waals surface area contributed by atoms with Crippen molar-refractivity contribution in [2.75, 3.05) is 0 Å². The van der Waals surface area contributed by atoms with E-state index in [1.54, 1.807) is 32.2 Å². The van der Waals surface area contributed by atoms with Gasteiger partial charge in [0.15, 0.2) is 5.92 Å². The molecule has 2 unspecified atom stereocenters. The van der Waals surface area contributed by atoms with Gasteiger partial charge >= 0.3 is 30.2 Å². The van der Waals surface area contributed by atoms with Gasteiger partial charge in [-0.25, -0.2) is 28.0 Å². The lowest BCUT2D eigenvalue weighted by atomic mass is 9.88. The third-order valence-corrected chi connectivity index (χ3v) is 8.97. The molecule has 2 aromatic rings. The lowest BCUT2D eigenvalue weighted by Gasteiger charge is -2.36. The molecule has 2 saturated heterocycles. The molecule has 2 heterocycles. The first kappa shape index (κ1) is 50.9. The van der Waals surface area contributed by atoms with Crippen molar-refractivity contribution in [2.45, 2.75) is 123 Å². The summed E-state index contributed by atoms with van der Waals surface area (Å²) in [5.41, 5.74) is -2.02. The van der Waals surface area contributed by atoms with Gasteiger partial charge in [-0.15, -0.1) is 0 Å². The first-order valence-corrected chi connectivity index (χ1v) is 19.6. The molecule has 2 fully saturated rings. The molecule has 0 aromatic heterocycles. The van der Waals surface area contributed by atoms with Crippen LogP contribution < -0.4 is 21.3 Å². The predicted octanol–water partition coefficient (Wildman–Crippen LogP) is 5.94. The summed E-state index contributed by atoms with van der Waals surface area (Å²) < 4.78 is 71.9. The zero-order valence-electron chi connectivity index (χ0n) is 36.3. The smallest absolute Gasteiger partial charge is 0.408 e. The van der Waals surface area contributed by atoms with E-state index in [9.17, 15) is 43.2 Å². The Labute approximate surface area is 360 Å². The molecule has 0 radical (unpaired) electrons. The fraction of sp³-hybridized carbons (Fsp3) is 0.500. The molecule has 0 saturated carbocycles. The van der Waals surface area contributed by atoms with Crippen LogP contribution >= 0.6 is 0 Å². The number of alkyl carbamates (subject to hydrolysis) is 2. The Hall–Kier alpha value is -6.41. The van der Waals surface area contributed by atoms with Crippen molar-refractivity contribution in [1.82, 2.24) is 31.1 Å². The molecule has 4 N–H and O–H groups in total. The van der Waals surface area contributed by atoms with Crippen molar-refractivity contribution in [1.29, 1.82) is 0 Å². The summed E-state index contributed by atoms with van der Waals surface area (Å²) in [4.78, 5) is 112. The number of carbonyl (C=O) groups excluding carboxylic acids is 9. The molecular formula is C42H52F4N6O11. The van der Waals surface area contributed by atoms with Crippen LogP contribution in [-0.4, -0.2) is 98.6 Å². The largest absolute Gasteiger partial charge is 0.444 e. The number of nitrogens with zero attached hydrogens (tertiary/aromatic N) is 2. The second-order valence-electron chi connectivity index (χ2n) is 17.1. The Morgan fingerprint density at radius 1 is 0.619 bits per heavy atom. The Morgan fingerprint density at radius 3 is 1.41 bits per heavy atom. The maximum absolute atomic E-state index is 15.5. The molecule has 344 valence electrons. The summed E-state index contributed by atoms with van der Waals surface area (Å²) >= 11 is 0. The van der Waals surface area contributed by atoms with Gasteiger partial charge in [-0.2, -0.15) is 8.78 Å². The number of amides is 10. The average molecular weight is 893 g/mol. The van der Waals surface area contributed by atoms with Crippen LogP contribution in [0.2, 0.25) is 0 Å². The molecule has 17 nitrogen and oxygen atoms in total. The quantitative estimate of drug-likeness (QED) is 0.144. The number of rotatable bonds is 12. The molecule has 10 amide bonds. The number of Topliss-reactive ketones (excluding diaryl/α,β-unsaturated/α-hetero) is 1. The Kier molecular flexibility index (Phi) is 16.0. The van der Waals surface area contributed by atoms with Crippen LogP contribution in [0.5, 0.6) is 0 Å². The number of imide groups is 4. The molecule has 4 rings (SSSR count). The van der Waals surface area contributed by atoms with Crippen LogP contribution in [0, 0.1) is 11.8 Å². The third-order valence-electron chi connectivity index (χ3n) is 8.97. The monoisotopic (exact) mass is 892 g/mol. The van der Waals surface area contributed by atoms with Gasteiger partial charge in [-0.1, -0.05) is 60.7 Å².